The van der Waals surface area contributed by atoms with E-state index in [1.54, 1.807) is 24.3 Å². The summed E-state index contributed by atoms with van der Waals surface area (Å²) in [7, 11) is 0. The van der Waals surface area contributed by atoms with Gasteiger partial charge in [0.2, 0.25) is 0 Å². The molecule has 2 aromatic heterocycles. The van der Waals surface area contributed by atoms with Gasteiger partial charge in [0.05, 0.1) is 11.3 Å². The quantitative estimate of drug-likeness (QED) is 0.169. The highest BCUT2D eigenvalue weighted by atomic mass is 32.1. The van der Waals surface area contributed by atoms with Crippen LogP contribution in [0.25, 0.3) is 21.6 Å². The number of para-hydroxylation sites is 1. The highest BCUT2D eigenvalue weighted by Gasteiger charge is 2.34. The maximum Gasteiger partial charge on any atom is 0.416 e. The van der Waals surface area contributed by atoms with Crippen molar-refractivity contribution in [2.75, 3.05) is 43.4 Å². The molecule has 11 heteroatoms. The SMILES string of the molecule is CCc1ccccc1Nc1nc2ccc(-c3cccc(C(=O)Nc4ccc(CN5CCN(CC)CC5)c(C(F)(F)F)c4)c3)nc2s1. The summed E-state index contributed by atoms with van der Waals surface area (Å²) in [6.07, 6.45) is -3.65. The van der Waals surface area contributed by atoms with Gasteiger partial charge >= 0.3 is 6.18 Å². The van der Waals surface area contributed by atoms with Crippen molar-refractivity contribution in [1.29, 1.82) is 0 Å². The Morgan fingerprint density at radius 3 is 2.41 bits per heavy atom. The zero-order valence-corrected chi connectivity index (χ0v) is 26.5. The topological polar surface area (TPSA) is 73.4 Å². The third-order valence-electron chi connectivity index (χ3n) is 8.30. The van der Waals surface area contributed by atoms with Crippen molar-refractivity contribution in [3.63, 3.8) is 0 Å². The Morgan fingerprint density at radius 2 is 1.65 bits per heavy atom. The van der Waals surface area contributed by atoms with E-state index in [2.05, 4.69) is 40.4 Å². The van der Waals surface area contributed by atoms with Gasteiger partial charge in [-0.25, -0.2) is 9.97 Å². The van der Waals surface area contributed by atoms with Gasteiger partial charge in [0, 0.05) is 55.2 Å². The first-order valence-electron chi connectivity index (χ1n) is 15.4. The molecule has 0 saturated carbocycles. The van der Waals surface area contributed by atoms with E-state index in [4.69, 9.17) is 4.98 Å². The van der Waals surface area contributed by atoms with Crippen LogP contribution < -0.4 is 10.6 Å². The Balaban J connectivity index is 1.18. The van der Waals surface area contributed by atoms with Crippen molar-refractivity contribution < 1.29 is 18.0 Å². The average Bonchev–Trinajstić information content (AvgIpc) is 3.47. The lowest BCUT2D eigenvalue weighted by Crippen LogP contribution is -2.45. The smallest absolute Gasteiger partial charge is 0.331 e. The van der Waals surface area contributed by atoms with E-state index < -0.39 is 17.6 Å². The summed E-state index contributed by atoms with van der Waals surface area (Å²) in [6.45, 7) is 8.45. The van der Waals surface area contributed by atoms with E-state index in [0.717, 1.165) is 66.4 Å². The van der Waals surface area contributed by atoms with Crippen LogP contribution in [0.3, 0.4) is 0 Å². The molecule has 1 amide bonds. The van der Waals surface area contributed by atoms with Crippen molar-refractivity contribution in [3.8, 4) is 11.3 Å². The molecule has 7 nitrogen and oxygen atoms in total. The number of aromatic nitrogens is 2. The lowest BCUT2D eigenvalue weighted by atomic mass is 10.0. The van der Waals surface area contributed by atoms with E-state index >= 15 is 0 Å². The van der Waals surface area contributed by atoms with Crippen LogP contribution in [-0.2, 0) is 19.1 Å². The molecule has 0 aliphatic carbocycles. The van der Waals surface area contributed by atoms with E-state index in [-0.39, 0.29) is 17.8 Å². The van der Waals surface area contributed by atoms with Crippen molar-refractivity contribution in [2.45, 2.75) is 33.0 Å². The van der Waals surface area contributed by atoms with Gasteiger partial charge in [-0.1, -0.05) is 61.6 Å². The molecule has 0 bridgehead atoms. The fourth-order valence-electron chi connectivity index (χ4n) is 5.68. The number of fused-ring (bicyclic) bond motifs is 1. The molecule has 3 heterocycles. The molecular formula is C35H35F3N6OS. The van der Waals surface area contributed by atoms with Crippen LogP contribution in [0.2, 0.25) is 0 Å². The number of piperazine rings is 1. The minimum absolute atomic E-state index is 0.0937. The molecule has 6 rings (SSSR count). The largest absolute Gasteiger partial charge is 0.416 e. The van der Waals surface area contributed by atoms with Gasteiger partial charge in [-0.3, -0.25) is 9.69 Å². The lowest BCUT2D eigenvalue weighted by molar-refractivity contribution is -0.138. The molecule has 5 aromatic rings. The summed E-state index contributed by atoms with van der Waals surface area (Å²) in [5, 5.41) is 6.80. The lowest BCUT2D eigenvalue weighted by Gasteiger charge is -2.34. The summed E-state index contributed by atoms with van der Waals surface area (Å²) >= 11 is 1.44. The first-order valence-corrected chi connectivity index (χ1v) is 16.2. The second-order valence-corrected chi connectivity index (χ2v) is 12.3. The summed E-state index contributed by atoms with van der Waals surface area (Å²) in [5.41, 5.74) is 4.21. The minimum Gasteiger partial charge on any atom is -0.331 e. The van der Waals surface area contributed by atoms with Crippen LogP contribution in [0.1, 0.15) is 40.9 Å². The number of benzene rings is 3. The van der Waals surface area contributed by atoms with Crippen LogP contribution in [0.5, 0.6) is 0 Å². The fraction of sp³-hybridized carbons (Fsp3) is 0.286. The highest BCUT2D eigenvalue weighted by molar-refractivity contribution is 7.21. The maximum absolute atomic E-state index is 14.1. The number of carbonyl (C=O) groups is 1. The van der Waals surface area contributed by atoms with E-state index in [1.807, 2.05) is 41.3 Å². The van der Waals surface area contributed by atoms with Crippen LogP contribution in [0.4, 0.5) is 29.7 Å². The Labute approximate surface area is 270 Å². The van der Waals surface area contributed by atoms with Crippen LogP contribution in [-0.4, -0.2) is 58.4 Å². The van der Waals surface area contributed by atoms with E-state index in [9.17, 15) is 18.0 Å². The predicted octanol–water partition coefficient (Wildman–Crippen LogP) is 8.07. The molecule has 0 radical (unpaired) electrons. The first kappa shape index (κ1) is 31.7. The maximum atomic E-state index is 14.1. The Bertz CT molecular complexity index is 1850. The molecule has 0 spiro atoms. The van der Waals surface area contributed by atoms with Gasteiger partial charge in [0.1, 0.15) is 10.3 Å². The molecule has 2 N–H and O–H groups in total. The zero-order valence-electron chi connectivity index (χ0n) is 25.7. The minimum atomic E-state index is -4.54. The standard InChI is InChI=1S/C35H35F3N6OS/c1-3-23-8-5-6-11-29(23)41-34-42-31-15-14-30(40-33(31)46-34)24-9-7-10-25(20-24)32(45)39-27-13-12-26(28(21-27)35(36,37)38)22-44-18-16-43(4-2)17-19-44/h5-15,20-21H,3-4,16-19,22H2,1-2H3,(H,39,45)(H,41,42). The number of hydrogen-bond acceptors (Lipinski definition) is 7. The average molecular weight is 645 g/mol. The number of thiazole rings is 1. The number of amides is 1. The van der Waals surface area contributed by atoms with E-state index in [1.165, 1.54) is 23.0 Å². The number of anilines is 3. The first-order chi connectivity index (χ1) is 22.2. The Kier molecular flexibility index (Phi) is 9.34. The molecular weight excluding hydrogens is 609 g/mol. The van der Waals surface area contributed by atoms with Crippen molar-refractivity contribution in [3.05, 3.63) is 101 Å². The van der Waals surface area contributed by atoms with Gasteiger partial charge in [-0.2, -0.15) is 13.2 Å². The molecule has 3 aromatic carbocycles. The van der Waals surface area contributed by atoms with E-state index in [0.29, 0.717) is 16.8 Å². The molecule has 1 aliphatic heterocycles. The van der Waals surface area contributed by atoms with Gasteiger partial charge in [-0.05, 0) is 66.6 Å². The monoisotopic (exact) mass is 644 g/mol. The Morgan fingerprint density at radius 1 is 0.870 bits per heavy atom. The van der Waals surface area contributed by atoms with Crippen molar-refractivity contribution >= 4 is 44.1 Å². The summed E-state index contributed by atoms with van der Waals surface area (Å²) < 4.78 is 42.3. The number of nitrogens with zero attached hydrogens (tertiary/aromatic N) is 4. The zero-order chi connectivity index (χ0) is 32.3. The number of pyridine rings is 1. The molecule has 238 valence electrons. The predicted molar refractivity (Wildman–Crippen MR) is 179 cm³/mol. The molecule has 1 saturated heterocycles. The summed E-state index contributed by atoms with van der Waals surface area (Å²) in [4.78, 5) is 27.8. The number of aryl methyl sites for hydroxylation is 1. The number of alkyl halides is 3. The van der Waals surface area contributed by atoms with Gasteiger partial charge in [0.25, 0.3) is 5.91 Å². The van der Waals surface area contributed by atoms with Gasteiger partial charge in [0.15, 0.2) is 5.13 Å². The number of rotatable bonds is 9. The molecule has 46 heavy (non-hydrogen) atoms. The second-order valence-electron chi connectivity index (χ2n) is 11.3. The molecule has 1 aliphatic rings. The number of carbonyl (C=O) groups excluding carboxylic acids is 1. The van der Waals surface area contributed by atoms with Crippen molar-refractivity contribution in [2.24, 2.45) is 0 Å². The number of likely N-dealkylation sites (N-methyl/N-ethyl adjacent to an activating group) is 1. The molecule has 1 fully saturated rings. The summed E-state index contributed by atoms with van der Waals surface area (Å²) in [5.74, 6) is -0.502. The number of hydrogen-bond donors (Lipinski definition) is 2. The highest BCUT2D eigenvalue weighted by Crippen LogP contribution is 2.35. The van der Waals surface area contributed by atoms with Crippen molar-refractivity contribution in [1.82, 2.24) is 19.8 Å². The summed E-state index contributed by atoms with van der Waals surface area (Å²) in [6, 6.07) is 22.8. The van der Waals surface area contributed by atoms with Crippen LogP contribution in [0.15, 0.2) is 78.9 Å². The van der Waals surface area contributed by atoms with Gasteiger partial charge in [-0.15, -0.1) is 0 Å². The third-order valence-corrected chi connectivity index (χ3v) is 9.18. The Hall–Kier alpha value is -4.32. The normalized spacial score (nSPS) is 14.5. The molecule has 0 atom stereocenters. The third kappa shape index (κ3) is 7.22. The van der Waals surface area contributed by atoms with Gasteiger partial charge < -0.3 is 15.5 Å². The number of halogens is 3. The van der Waals surface area contributed by atoms with Crippen LogP contribution in [0, 0.1) is 0 Å². The second kappa shape index (κ2) is 13.6. The number of nitrogens with one attached hydrogen (secondary N) is 2. The fourth-order valence-corrected chi connectivity index (χ4v) is 6.53. The molecule has 0 unspecified atom stereocenters. The van der Waals surface area contributed by atoms with Crippen LogP contribution >= 0.6 is 11.3 Å².